The van der Waals surface area contributed by atoms with Crippen molar-refractivity contribution in [3.63, 3.8) is 0 Å². The van der Waals surface area contributed by atoms with Gasteiger partial charge in [0.25, 0.3) is 0 Å². The van der Waals surface area contributed by atoms with E-state index in [1.54, 1.807) is 134 Å². The topological polar surface area (TPSA) is 294 Å². The molecule has 0 radical (unpaired) electrons. The number of carbonyl (C=O) groups excluding carboxylic acids is 5. The Balaban J connectivity index is 0.0000000986. The lowest BCUT2D eigenvalue weighted by Crippen LogP contribution is -2.92. The highest BCUT2D eigenvalue weighted by Gasteiger charge is 3.34. The SMILES string of the molecule is CC(=O)NC12C3C4C35C1C13C2C1C4(n1ccn(-c2c4c(nn2-c2cc(C)c(F)c(C)c2)CCN(C(=O)OC(C)(C)C)[C@H]4C)c1=O)C53.COCCN(C(C)=O)C12C3C4C35C1C13C2C1C4(n1ccn(-c2c4c(nn2-c2cc(C)c(F)c(C)c2)CCN(C(=O)OC(C)(C)C)[C@H]4C)c1=O)C53.COCCN(C(C)=O)C12C3C4C35C1C13C2C1C4(n1ccn(-c2c4c(nn2-c2cc(C)c(F)c(C)c2)CCN[C@H]4C)c1=O)C53.Cl. The zero-order valence-electron chi connectivity index (χ0n) is 82.2. The molecule has 30 nitrogen and oxygen atoms in total. The second kappa shape index (κ2) is 24.1. The molecule has 730 valence electrons. The number of hydrogen-bond acceptors (Lipinski definition) is 16. The molecule has 5 amide bonds. The smallest absolute Gasteiger partial charge is 0.410 e. The first kappa shape index (κ1) is 84.9. The highest BCUT2D eigenvalue weighted by atomic mass is 35.5. The number of aromatic nitrogens is 12. The van der Waals surface area contributed by atoms with Crippen molar-refractivity contribution < 1.29 is 56.1 Å². The van der Waals surface area contributed by atoms with E-state index >= 15 is 0 Å². The first-order chi connectivity index (χ1) is 66.1. The first-order valence-electron chi connectivity index (χ1n) is 50.8. The van der Waals surface area contributed by atoms with Crippen LogP contribution in [0.4, 0.5) is 22.8 Å². The molecule has 21 aliphatic carbocycles. The van der Waals surface area contributed by atoms with E-state index in [9.17, 15) is 51.5 Å². The molecular formula is C106H116ClF3N18O12. The van der Waals surface area contributed by atoms with E-state index in [0.29, 0.717) is 248 Å². The number of benzene rings is 3. The lowest BCUT2D eigenvalue weighted by atomic mass is 9.19. The number of methoxy groups -OCH3 is 2. The van der Waals surface area contributed by atoms with Crippen LogP contribution in [0.15, 0.2) is 88.0 Å². The van der Waals surface area contributed by atoms with Gasteiger partial charge in [-0.2, -0.15) is 15.3 Å². The van der Waals surface area contributed by atoms with Crippen molar-refractivity contribution in [1.29, 1.82) is 0 Å². The third-order valence-electron chi connectivity index (χ3n) is 43.4. The van der Waals surface area contributed by atoms with Crippen LogP contribution in [0.3, 0.4) is 0 Å². The van der Waals surface area contributed by atoms with E-state index in [1.807, 2.05) is 119 Å². The summed E-state index contributed by atoms with van der Waals surface area (Å²) in [6.07, 6.45) is 12.6. The Bertz CT molecular complexity index is 7530. The maximum Gasteiger partial charge on any atom is 0.410 e. The molecule has 0 bridgehead atoms. The molecule has 34 heteroatoms. The van der Waals surface area contributed by atoms with E-state index < -0.39 is 35.5 Å². The van der Waals surface area contributed by atoms with Crippen LogP contribution in [0.5, 0.6) is 0 Å². The summed E-state index contributed by atoms with van der Waals surface area (Å²) >= 11 is 0. The number of ether oxygens (including phenoxy) is 4. The van der Waals surface area contributed by atoms with E-state index in [2.05, 4.69) is 31.9 Å². The van der Waals surface area contributed by atoms with Crippen molar-refractivity contribution in [2.45, 2.75) is 206 Å². The van der Waals surface area contributed by atoms with E-state index in [1.165, 1.54) is 0 Å². The lowest BCUT2D eigenvalue weighted by Gasteiger charge is -2.87. The van der Waals surface area contributed by atoms with Gasteiger partial charge in [-0.3, -0.25) is 41.8 Å². The summed E-state index contributed by atoms with van der Waals surface area (Å²) < 4.78 is 83.5. The summed E-state index contributed by atoms with van der Waals surface area (Å²) in [6.45, 7) is 36.8. The number of nitrogens with zero attached hydrogens (tertiary/aromatic N) is 16. The quantitative estimate of drug-likeness (QED) is 0.0807. The van der Waals surface area contributed by atoms with Crippen LogP contribution in [-0.2, 0) is 69.2 Å². The Morgan fingerprint density at radius 1 is 0.443 bits per heavy atom. The number of halogens is 4. The lowest BCUT2D eigenvalue weighted by molar-refractivity contribution is -0.404. The summed E-state index contributed by atoms with van der Waals surface area (Å²) in [5, 5.41) is 22.1. The molecule has 33 rings (SSSR count). The molecule has 9 heterocycles. The monoisotopic (exact) mass is 1920 g/mol. The summed E-state index contributed by atoms with van der Waals surface area (Å²) in [6, 6.07) is 9.94. The van der Waals surface area contributed by atoms with Gasteiger partial charge in [-0.25, -0.2) is 51.2 Å². The van der Waals surface area contributed by atoms with Crippen LogP contribution in [0, 0.1) is 198 Å². The van der Waals surface area contributed by atoms with Crippen LogP contribution < -0.4 is 27.7 Å². The Kier molecular flexibility index (Phi) is 14.6. The molecule has 21 atom stereocenters. The van der Waals surface area contributed by atoms with Gasteiger partial charge in [0.05, 0.1) is 92.7 Å². The molecule has 18 unspecified atom stereocenters. The van der Waals surface area contributed by atoms with Crippen LogP contribution in [0.1, 0.15) is 168 Å². The number of hydrogen-bond donors (Lipinski definition) is 2. The third kappa shape index (κ3) is 7.58. The van der Waals surface area contributed by atoms with Crippen molar-refractivity contribution in [3.05, 3.63) is 190 Å². The van der Waals surface area contributed by atoms with Gasteiger partial charge < -0.3 is 49.2 Å². The molecule has 2 N–H and O–H groups in total. The standard InChI is InChI=1S/C38H43FN6O5.C35H37FN6O4.C33H35FN6O3.ClH/c1-17-15-21(16-18(2)24(17)39)45-29(23-19(3)41(10-9-22(23)40-45)33(48)50-34(5,6)7)42-11-12-44(32(42)47)38-27-25-35(27)30-36(31(35)38)26(28(36)38)37(25,30)43(20(4)46)13-14-49-8;1-14-12-18(13-15(2)21(14)36)42-26(20-16(3)39(9-8-19(20)38-42)30(45)46-31(5,6)7)40-10-11-41(29(40)44)35-24-22-32(24)27-33(28(32)35)23(25(33)35)34(22,27)37-17(4)43;1-14-12-18(13-15(2)21(14)34)40-26(20-16(3)35-7-6-19(20)36-40)37-8-9-39(29(37)42)33-24-22-30(24)27-31(28(30)33)23(25(31)33)32(22,27)38(17(4)41)10-11-43-5;/h11-12,15-16,19,25-28,30-31H,9-10,13-14H2,1-8H3;10-13,16,22-25,27-28H,8-9H2,1-7H3,(H,37,43);8-9,12-13,16,22-25,27-28,35H,6-7,10-11H2,1-5H3;1H/t19-,25?,26?,27?,28?,30?,31?,35?,36?,37?,38?;16-,22?,23?,24?,25?,27?,28?,32?,33?,34?,35?;16-,22?,23?,24?,25?,27?,28?,30?,31?,32?,33?;/m000./s1. The zero-order valence-corrected chi connectivity index (χ0v) is 83.0. The fraction of sp³-hybridized carbons (Fsp3) is 0.613. The molecular weight excluding hydrogens is 1810 g/mol. The molecule has 9 aromatic rings. The second-order valence-corrected chi connectivity index (χ2v) is 49.3. The average molecular weight is 1930 g/mol. The Morgan fingerprint density at radius 2 is 0.750 bits per heavy atom. The summed E-state index contributed by atoms with van der Waals surface area (Å²) in [7, 11) is 3.39. The van der Waals surface area contributed by atoms with Gasteiger partial charge in [-0.1, -0.05) is 0 Å². The fourth-order valence-electron chi connectivity index (χ4n) is 42.6. The molecule has 21 fully saturated rings. The molecule has 140 heavy (non-hydrogen) atoms. The van der Waals surface area contributed by atoms with Crippen molar-refractivity contribution in [1.82, 2.24) is 87.0 Å². The number of carbonyl (C=O) groups is 5. The zero-order chi connectivity index (χ0) is 96.3. The van der Waals surface area contributed by atoms with E-state index in [-0.39, 0.29) is 104 Å². The number of fused-ring (bicyclic) bond motifs is 21. The molecule has 3 aliphatic heterocycles. The molecule has 3 aromatic carbocycles. The highest BCUT2D eigenvalue weighted by molar-refractivity contribution is 5.88. The minimum atomic E-state index is -0.657. The average Bonchev–Trinajstić information content (AvgIpc) is 1.28. The normalized spacial score (nSPS) is 42.4. The van der Waals surface area contributed by atoms with Gasteiger partial charge >= 0.3 is 29.3 Å². The van der Waals surface area contributed by atoms with Gasteiger partial charge in [0, 0.05) is 147 Å². The largest absolute Gasteiger partial charge is 0.444 e. The molecule has 24 aliphatic rings. The van der Waals surface area contributed by atoms with Crippen LogP contribution in [0.25, 0.3) is 34.5 Å². The Labute approximate surface area is 810 Å². The summed E-state index contributed by atoms with van der Waals surface area (Å²) in [4.78, 5) is 117. The van der Waals surface area contributed by atoms with Gasteiger partial charge in [0.15, 0.2) is 0 Å². The number of rotatable bonds is 18. The Morgan fingerprint density at radius 3 is 1.06 bits per heavy atom. The number of nitrogens with one attached hydrogen (secondary N) is 2. The van der Waals surface area contributed by atoms with Crippen molar-refractivity contribution in [2.75, 3.05) is 60.2 Å². The maximum atomic E-state index is 14.9. The van der Waals surface area contributed by atoms with Gasteiger partial charge in [-0.15, -0.1) is 12.4 Å². The van der Waals surface area contributed by atoms with Gasteiger partial charge in [-0.05, 0) is 313 Å². The van der Waals surface area contributed by atoms with Crippen LogP contribution in [-0.4, -0.2) is 194 Å². The summed E-state index contributed by atoms with van der Waals surface area (Å²) in [5.41, 5.74) is 10.7. The molecule has 21 saturated carbocycles. The summed E-state index contributed by atoms with van der Waals surface area (Å²) in [5.74, 6) is 10.9. The van der Waals surface area contributed by atoms with E-state index in [0.717, 1.165) is 58.2 Å². The number of aryl methyl sites for hydroxylation is 6. The first-order valence-corrected chi connectivity index (χ1v) is 50.8. The molecule has 0 saturated heterocycles. The second-order valence-electron chi connectivity index (χ2n) is 49.3. The van der Waals surface area contributed by atoms with Crippen molar-refractivity contribution in [3.8, 4) is 34.5 Å². The van der Waals surface area contributed by atoms with Gasteiger partial charge in [0.2, 0.25) is 17.7 Å². The van der Waals surface area contributed by atoms with Gasteiger partial charge in [0.1, 0.15) is 46.1 Å². The van der Waals surface area contributed by atoms with Crippen LogP contribution >= 0.6 is 12.4 Å². The molecule has 6 aromatic heterocycles. The number of imidazole rings is 3. The third-order valence-corrected chi connectivity index (χ3v) is 43.4. The van der Waals surface area contributed by atoms with Crippen molar-refractivity contribution >= 4 is 42.3 Å². The van der Waals surface area contributed by atoms with Crippen molar-refractivity contribution in [2.24, 2.45) is 139 Å². The predicted molar refractivity (Wildman–Crippen MR) is 499 cm³/mol. The number of amides is 5. The molecule has 6 spiro atoms. The highest BCUT2D eigenvalue weighted by Crippen LogP contribution is 3.30. The maximum absolute atomic E-state index is 14.9. The Hall–Kier alpha value is -10.8. The minimum absolute atomic E-state index is 0. The van der Waals surface area contributed by atoms with Crippen LogP contribution in [0.2, 0.25) is 0 Å². The van der Waals surface area contributed by atoms with E-state index in [4.69, 9.17) is 34.2 Å². The predicted octanol–water partition coefficient (Wildman–Crippen LogP) is 10.8. The fourth-order valence-corrected chi connectivity index (χ4v) is 42.6. The minimum Gasteiger partial charge on any atom is -0.444 e.